The van der Waals surface area contributed by atoms with Crippen molar-refractivity contribution in [2.45, 2.75) is 44.3 Å². The van der Waals surface area contributed by atoms with Crippen molar-refractivity contribution in [3.63, 3.8) is 0 Å². The second kappa shape index (κ2) is 9.48. The molecule has 5 rings (SSSR count). The summed E-state index contributed by atoms with van der Waals surface area (Å²) in [5.74, 6) is 0.0757. The molecule has 1 aromatic carbocycles. The fourth-order valence-electron chi connectivity index (χ4n) is 4.57. The van der Waals surface area contributed by atoms with Gasteiger partial charge >= 0.3 is 0 Å². The molecule has 33 heavy (non-hydrogen) atoms. The summed E-state index contributed by atoms with van der Waals surface area (Å²) in [7, 11) is 0. The van der Waals surface area contributed by atoms with E-state index in [0.29, 0.717) is 18.4 Å². The maximum Gasteiger partial charge on any atom is 0.263 e. The van der Waals surface area contributed by atoms with E-state index in [2.05, 4.69) is 10.2 Å². The van der Waals surface area contributed by atoms with E-state index in [-0.39, 0.29) is 23.3 Å². The van der Waals surface area contributed by atoms with Crippen molar-refractivity contribution >= 4 is 50.6 Å². The van der Waals surface area contributed by atoms with E-state index in [0.717, 1.165) is 53.9 Å². The summed E-state index contributed by atoms with van der Waals surface area (Å²) in [5.41, 5.74) is 3.01. The van der Waals surface area contributed by atoms with E-state index in [9.17, 15) is 9.59 Å². The third kappa shape index (κ3) is 4.41. The number of fused-ring (bicyclic) bond motifs is 3. The zero-order chi connectivity index (χ0) is 22.9. The molecule has 0 atom stereocenters. The maximum absolute atomic E-state index is 13.4. The second-order valence-electron chi connectivity index (χ2n) is 8.65. The summed E-state index contributed by atoms with van der Waals surface area (Å²) >= 11 is 2.96. The summed E-state index contributed by atoms with van der Waals surface area (Å²) < 4.78 is 7.20. The molecule has 1 fully saturated rings. The van der Waals surface area contributed by atoms with Gasteiger partial charge in [0.15, 0.2) is 5.16 Å². The zero-order valence-corrected chi connectivity index (χ0v) is 20.6. The number of morpholine rings is 1. The first-order valence-electron chi connectivity index (χ1n) is 11.4. The van der Waals surface area contributed by atoms with E-state index in [1.54, 1.807) is 15.9 Å². The Labute approximate surface area is 201 Å². The zero-order valence-electron chi connectivity index (χ0n) is 18.9. The molecule has 2 aliphatic rings. The lowest BCUT2D eigenvalue weighted by Crippen LogP contribution is -2.36. The average molecular weight is 485 g/mol. The Balaban J connectivity index is 1.36. The lowest BCUT2D eigenvalue weighted by Gasteiger charge is -2.30. The van der Waals surface area contributed by atoms with Gasteiger partial charge in [-0.2, -0.15) is 0 Å². The fraction of sp³-hybridized carbons (Fsp3) is 0.458. The number of nitrogens with one attached hydrogen (secondary N) is 1. The van der Waals surface area contributed by atoms with Crippen molar-refractivity contribution in [2.24, 2.45) is 0 Å². The van der Waals surface area contributed by atoms with E-state index >= 15 is 0 Å². The van der Waals surface area contributed by atoms with Gasteiger partial charge in [-0.05, 0) is 50.8 Å². The van der Waals surface area contributed by atoms with Gasteiger partial charge in [-0.3, -0.25) is 14.2 Å². The molecule has 7 nitrogen and oxygen atoms in total. The van der Waals surface area contributed by atoms with Gasteiger partial charge < -0.3 is 15.0 Å². The molecule has 174 valence electrons. The summed E-state index contributed by atoms with van der Waals surface area (Å²) in [6, 6.07) is 7.83. The van der Waals surface area contributed by atoms with Crippen LogP contribution in [0.25, 0.3) is 10.2 Å². The van der Waals surface area contributed by atoms with Gasteiger partial charge in [0.05, 0.1) is 35.7 Å². The minimum absolute atomic E-state index is 0.0231. The largest absolute Gasteiger partial charge is 0.378 e. The molecule has 1 aliphatic carbocycles. The highest BCUT2D eigenvalue weighted by Crippen LogP contribution is 2.36. The van der Waals surface area contributed by atoms with Crippen LogP contribution in [0.5, 0.6) is 0 Å². The number of rotatable bonds is 6. The molecule has 2 aromatic heterocycles. The molecular formula is C24H28N4O3S2. The number of aryl methyl sites for hydroxylation is 2. The Morgan fingerprint density at radius 3 is 2.82 bits per heavy atom. The molecule has 3 heterocycles. The molecule has 0 unspecified atom stereocenters. The van der Waals surface area contributed by atoms with Crippen LogP contribution >= 0.6 is 23.1 Å². The predicted octanol–water partition coefficient (Wildman–Crippen LogP) is 4.10. The van der Waals surface area contributed by atoms with Crippen LogP contribution in [0.15, 0.2) is 34.2 Å². The number of para-hydroxylation sites is 2. The Hall–Kier alpha value is -2.36. The molecule has 1 amide bonds. The summed E-state index contributed by atoms with van der Waals surface area (Å²) in [5, 5.41) is 4.45. The number of hydrogen-bond donors (Lipinski definition) is 1. The number of aromatic nitrogens is 2. The fourth-order valence-corrected chi connectivity index (χ4v) is 6.80. The van der Waals surface area contributed by atoms with Crippen LogP contribution in [0.2, 0.25) is 0 Å². The molecular weight excluding hydrogens is 456 g/mol. The van der Waals surface area contributed by atoms with Crippen molar-refractivity contribution in [1.82, 2.24) is 9.55 Å². The number of thiophene rings is 1. The second-order valence-corrected chi connectivity index (χ2v) is 10.7. The maximum atomic E-state index is 13.4. The first-order chi connectivity index (χ1) is 16.0. The lowest BCUT2D eigenvalue weighted by atomic mass is 10.2. The molecule has 0 saturated carbocycles. The number of thioether (sulfide) groups is 1. The summed E-state index contributed by atoms with van der Waals surface area (Å²) in [6.45, 7) is 6.96. The van der Waals surface area contributed by atoms with Crippen LogP contribution in [0.3, 0.4) is 0 Å². The average Bonchev–Trinajstić information content (AvgIpc) is 3.39. The highest BCUT2D eigenvalue weighted by molar-refractivity contribution is 7.99. The van der Waals surface area contributed by atoms with Crippen molar-refractivity contribution in [3.8, 4) is 0 Å². The third-order valence-corrected chi connectivity index (χ3v) is 8.26. The number of amides is 1. The SMILES string of the molecule is CC(C)n1c(SCC(=O)Nc2ccccc2N2CCOCC2)nc2sc3c(c2c1=O)CCC3. The first kappa shape index (κ1) is 22.4. The van der Waals surface area contributed by atoms with Gasteiger partial charge in [-0.25, -0.2) is 4.98 Å². The van der Waals surface area contributed by atoms with Crippen molar-refractivity contribution in [2.75, 3.05) is 42.3 Å². The Bertz CT molecular complexity index is 1240. The first-order valence-corrected chi connectivity index (χ1v) is 13.2. The molecule has 0 radical (unpaired) electrons. The quantitative estimate of drug-likeness (QED) is 0.419. The van der Waals surface area contributed by atoms with Gasteiger partial charge in [-0.1, -0.05) is 23.9 Å². The monoisotopic (exact) mass is 484 g/mol. The smallest absolute Gasteiger partial charge is 0.263 e. The molecule has 3 aromatic rings. The van der Waals surface area contributed by atoms with Crippen molar-refractivity contribution < 1.29 is 9.53 Å². The highest BCUT2D eigenvalue weighted by Gasteiger charge is 2.24. The van der Waals surface area contributed by atoms with Crippen LogP contribution in [0.4, 0.5) is 11.4 Å². The van der Waals surface area contributed by atoms with E-state index < -0.39 is 0 Å². The molecule has 9 heteroatoms. The van der Waals surface area contributed by atoms with Crippen molar-refractivity contribution in [3.05, 3.63) is 45.1 Å². The number of carbonyl (C=O) groups is 1. The van der Waals surface area contributed by atoms with Crippen LogP contribution in [-0.4, -0.2) is 47.5 Å². The molecule has 0 spiro atoms. The minimum Gasteiger partial charge on any atom is -0.378 e. The van der Waals surface area contributed by atoms with Crippen LogP contribution in [0.1, 0.15) is 36.8 Å². The number of hydrogen-bond acceptors (Lipinski definition) is 7. The van der Waals surface area contributed by atoms with E-state index in [1.807, 2.05) is 38.1 Å². The number of ether oxygens (including phenoxy) is 1. The molecule has 1 N–H and O–H groups in total. The number of nitrogens with zero attached hydrogens (tertiary/aromatic N) is 3. The minimum atomic E-state index is -0.112. The number of benzene rings is 1. The van der Waals surface area contributed by atoms with Crippen LogP contribution in [-0.2, 0) is 22.4 Å². The standard InChI is InChI=1S/C24H28N4O3S2/c1-15(2)28-23(30)21-16-6-5-9-19(16)33-22(21)26-24(28)32-14-20(29)25-17-7-3-4-8-18(17)27-10-12-31-13-11-27/h3-4,7-8,15H,5-6,9-14H2,1-2H3,(H,25,29). The molecule has 1 aliphatic heterocycles. The van der Waals surface area contributed by atoms with Gasteiger partial charge in [0.25, 0.3) is 5.56 Å². The van der Waals surface area contributed by atoms with Gasteiger partial charge in [0.1, 0.15) is 4.83 Å². The Kier molecular flexibility index (Phi) is 6.44. The topological polar surface area (TPSA) is 76.5 Å². The van der Waals surface area contributed by atoms with Crippen molar-refractivity contribution in [1.29, 1.82) is 0 Å². The molecule has 0 bridgehead atoms. The highest BCUT2D eigenvalue weighted by atomic mass is 32.2. The Morgan fingerprint density at radius 2 is 2.03 bits per heavy atom. The van der Waals surface area contributed by atoms with Gasteiger partial charge in [0, 0.05) is 24.0 Å². The number of carbonyl (C=O) groups excluding carboxylic acids is 1. The Morgan fingerprint density at radius 1 is 1.24 bits per heavy atom. The van der Waals surface area contributed by atoms with Gasteiger partial charge in [-0.15, -0.1) is 11.3 Å². The summed E-state index contributed by atoms with van der Waals surface area (Å²) in [6.07, 6.45) is 3.10. The normalized spacial score (nSPS) is 15.9. The van der Waals surface area contributed by atoms with E-state index in [1.165, 1.54) is 22.2 Å². The number of anilines is 2. The molecule has 1 saturated heterocycles. The summed E-state index contributed by atoms with van der Waals surface area (Å²) in [4.78, 5) is 35.4. The van der Waals surface area contributed by atoms with E-state index in [4.69, 9.17) is 9.72 Å². The van der Waals surface area contributed by atoms with Crippen LogP contribution in [0, 0.1) is 0 Å². The lowest BCUT2D eigenvalue weighted by molar-refractivity contribution is -0.113. The van der Waals surface area contributed by atoms with Gasteiger partial charge in [0.2, 0.25) is 5.91 Å². The third-order valence-electron chi connectivity index (χ3n) is 6.12. The predicted molar refractivity (Wildman–Crippen MR) is 135 cm³/mol. The van der Waals surface area contributed by atoms with Crippen LogP contribution < -0.4 is 15.8 Å².